The summed E-state index contributed by atoms with van der Waals surface area (Å²) >= 11 is 3.08. The van der Waals surface area contributed by atoms with Crippen molar-refractivity contribution in [2.45, 2.75) is 18.9 Å². The summed E-state index contributed by atoms with van der Waals surface area (Å²) < 4.78 is 14.1. The standard InChI is InChI=1S/C12H14BrFN2O/c13-10-3-1-2-9(11(10)14)12(17)16-6-4-8(15)5-7-16/h1-3,8H,4-7,15H2. The van der Waals surface area contributed by atoms with E-state index in [0.29, 0.717) is 17.6 Å². The number of nitrogens with two attached hydrogens (primary N) is 1. The second kappa shape index (κ2) is 5.14. The van der Waals surface area contributed by atoms with Crippen LogP contribution in [0.5, 0.6) is 0 Å². The second-order valence-electron chi connectivity index (χ2n) is 4.23. The molecule has 0 bridgehead atoms. The third-order valence-electron chi connectivity index (χ3n) is 3.01. The summed E-state index contributed by atoms with van der Waals surface area (Å²) in [5.74, 6) is -0.747. The predicted molar refractivity (Wildman–Crippen MR) is 67.2 cm³/mol. The van der Waals surface area contributed by atoms with Crippen LogP contribution in [0.1, 0.15) is 23.2 Å². The second-order valence-corrected chi connectivity index (χ2v) is 5.09. The fourth-order valence-electron chi connectivity index (χ4n) is 1.94. The summed E-state index contributed by atoms with van der Waals surface area (Å²) in [6.07, 6.45) is 1.56. The zero-order chi connectivity index (χ0) is 12.4. The number of halogens is 2. The van der Waals surface area contributed by atoms with Gasteiger partial charge in [0.25, 0.3) is 5.91 Å². The van der Waals surface area contributed by atoms with Crippen molar-refractivity contribution in [1.82, 2.24) is 4.90 Å². The average molecular weight is 301 g/mol. The third-order valence-corrected chi connectivity index (χ3v) is 3.62. The van der Waals surface area contributed by atoms with Gasteiger partial charge in [0.2, 0.25) is 0 Å². The van der Waals surface area contributed by atoms with Crippen LogP contribution < -0.4 is 5.73 Å². The minimum atomic E-state index is -0.493. The van der Waals surface area contributed by atoms with Crippen LogP contribution in [0.25, 0.3) is 0 Å². The van der Waals surface area contributed by atoms with E-state index in [9.17, 15) is 9.18 Å². The summed E-state index contributed by atoms with van der Waals surface area (Å²) in [6, 6.07) is 4.91. The summed E-state index contributed by atoms with van der Waals surface area (Å²) in [5.41, 5.74) is 5.89. The molecule has 1 aromatic carbocycles. The highest BCUT2D eigenvalue weighted by Gasteiger charge is 2.24. The fraction of sp³-hybridized carbons (Fsp3) is 0.417. The molecule has 0 spiro atoms. The highest BCUT2D eigenvalue weighted by molar-refractivity contribution is 9.10. The van der Waals surface area contributed by atoms with E-state index in [4.69, 9.17) is 5.73 Å². The Kier molecular flexibility index (Phi) is 3.79. The number of carbonyl (C=O) groups excluding carboxylic acids is 1. The smallest absolute Gasteiger partial charge is 0.256 e. The van der Waals surface area contributed by atoms with Gasteiger partial charge in [-0.2, -0.15) is 0 Å². The van der Waals surface area contributed by atoms with Crippen LogP contribution in [0.15, 0.2) is 22.7 Å². The lowest BCUT2D eigenvalue weighted by molar-refractivity contribution is 0.0710. The number of nitrogens with zero attached hydrogens (tertiary/aromatic N) is 1. The molecule has 1 aliphatic rings. The van der Waals surface area contributed by atoms with Crippen LogP contribution in [-0.4, -0.2) is 29.9 Å². The van der Waals surface area contributed by atoms with Gasteiger partial charge in [-0.1, -0.05) is 6.07 Å². The van der Waals surface area contributed by atoms with Gasteiger partial charge in [-0.15, -0.1) is 0 Å². The van der Waals surface area contributed by atoms with Crippen LogP contribution in [0.4, 0.5) is 4.39 Å². The number of benzene rings is 1. The molecule has 17 heavy (non-hydrogen) atoms. The molecule has 1 fully saturated rings. The number of carbonyl (C=O) groups is 1. The Hall–Kier alpha value is -0.940. The van der Waals surface area contributed by atoms with E-state index in [2.05, 4.69) is 15.9 Å². The first-order valence-corrected chi connectivity index (χ1v) is 6.37. The Morgan fingerprint density at radius 3 is 2.71 bits per heavy atom. The first-order chi connectivity index (χ1) is 8.09. The number of rotatable bonds is 1. The molecule has 2 N–H and O–H groups in total. The van der Waals surface area contributed by atoms with Crippen LogP contribution >= 0.6 is 15.9 Å². The van der Waals surface area contributed by atoms with Gasteiger partial charge in [-0.25, -0.2) is 4.39 Å². The molecule has 0 aromatic heterocycles. The Bertz CT molecular complexity index is 431. The molecular formula is C12H14BrFN2O. The van der Waals surface area contributed by atoms with E-state index in [1.807, 2.05) is 0 Å². The molecule has 3 nitrogen and oxygen atoms in total. The molecule has 0 atom stereocenters. The van der Waals surface area contributed by atoms with Gasteiger partial charge in [-0.05, 0) is 40.9 Å². The largest absolute Gasteiger partial charge is 0.338 e. The average Bonchev–Trinajstić information content (AvgIpc) is 2.33. The number of likely N-dealkylation sites (tertiary alicyclic amines) is 1. The first-order valence-electron chi connectivity index (χ1n) is 5.58. The lowest BCUT2D eigenvalue weighted by Crippen LogP contribution is -2.43. The van der Waals surface area contributed by atoms with Crippen LogP contribution in [0, 0.1) is 5.82 Å². The molecule has 2 rings (SSSR count). The van der Waals surface area contributed by atoms with Gasteiger partial charge in [0, 0.05) is 19.1 Å². The van der Waals surface area contributed by atoms with Crippen LogP contribution in [0.3, 0.4) is 0 Å². The zero-order valence-corrected chi connectivity index (χ0v) is 10.9. The van der Waals surface area contributed by atoms with E-state index in [0.717, 1.165) is 12.8 Å². The topological polar surface area (TPSA) is 46.3 Å². The van der Waals surface area contributed by atoms with Crippen LogP contribution in [0.2, 0.25) is 0 Å². The number of amides is 1. The van der Waals surface area contributed by atoms with E-state index >= 15 is 0 Å². The Labute approximate surface area is 108 Å². The number of hydrogen-bond acceptors (Lipinski definition) is 2. The van der Waals surface area contributed by atoms with E-state index in [1.54, 1.807) is 17.0 Å². The monoisotopic (exact) mass is 300 g/mol. The maximum Gasteiger partial charge on any atom is 0.256 e. The molecule has 92 valence electrons. The lowest BCUT2D eigenvalue weighted by atomic mass is 10.0. The normalized spacial score (nSPS) is 17.2. The SMILES string of the molecule is NC1CCN(C(=O)c2cccc(Br)c2F)CC1. The van der Waals surface area contributed by atoms with Crippen molar-refractivity contribution in [3.63, 3.8) is 0 Å². The van der Waals surface area contributed by atoms with Crippen molar-refractivity contribution in [3.05, 3.63) is 34.1 Å². The van der Waals surface area contributed by atoms with E-state index in [1.165, 1.54) is 6.07 Å². The maximum atomic E-state index is 13.8. The van der Waals surface area contributed by atoms with Crippen molar-refractivity contribution in [2.75, 3.05) is 13.1 Å². The molecule has 0 aliphatic carbocycles. The lowest BCUT2D eigenvalue weighted by Gasteiger charge is -2.30. The molecule has 0 saturated carbocycles. The van der Waals surface area contributed by atoms with Gasteiger partial charge in [0.15, 0.2) is 0 Å². The number of piperidine rings is 1. The van der Waals surface area contributed by atoms with Gasteiger partial charge >= 0.3 is 0 Å². The van der Waals surface area contributed by atoms with Gasteiger partial charge in [-0.3, -0.25) is 4.79 Å². The molecule has 1 saturated heterocycles. The molecule has 1 amide bonds. The molecule has 1 heterocycles. The zero-order valence-electron chi connectivity index (χ0n) is 9.33. The molecule has 1 aliphatic heterocycles. The molecule has 0 unspecified atom stereocenters. The quantitative estimate of drug-likeness (QED) is 0.864. The third kappa shape index (κ3) is 2.66. The Morgan fingerprint density at radius 1 is 1.41 bits per heavy atom. The minimum Gasteiger partial charge on any atom is -0.338 e. The molecule has 1 aromatic rings. The van der Waals surface area contributed by atoms with Crippen molar-refractivity contribution < 1.29 is 9.18 Å². The highest BCUT2D eigenvalue weighted by atomic mass is 79.9. The molecule has 0 radical (unpaired) electrons. The number of hydrogen-bond donors (Lipinski definition) is 1. The van der Waals surface area contributed by atoms with Crippen molar-refractivity contribution in [2.24, 2.45) is 5.73 Å². The summed E-state index contributed by atoms with van der Waals surface area (Å²) in [6.45, 7) is 1.21. The summed E-state index contributed by atoms with van der Waals surface area (Å²) in [4.78, 5) is 13.8. The van der Waals surface area contributed by atoms with Gasteiger partial charge < -0.3 is 10.6 Å². The van der Waals surface area contributed by atoms with Crippen molar-refractivity contribution in [3.8, 4) is 0 Å². The Morgan fingerprint density at radius 2 is 2.06 bits per heavy atom. The van der Waals surface area contributed by atoms with E-state index < -0.39 is 5.82 Å². The predicted octanol–water partition coefficient (Wildman–Crippen LogP) is 2.15. The van der Waals surface area contributed by atoms with Gasteiger partial charge in [0.05, 0.1) is 10.0 Å². The van der Waals surface area contributed by atoms with Gasteiger partial charge in [0.1, 0.15) is 5.82 Å². The minimum absolute atomic E-state index is 0.120. The maximum absolute atomic E-state index is 13.8. The summed E-state index contributed by atoms with van der Waals surface area (Å²) in [7, 11) is 0. The Balaban J connectivity index is 2.17. The first kappa shape index (κ1) is 12.5. The van der Waals surface area contributed by atoms with Crippen LogP contribution in [-0.2, 0) is 0 Å². The molecular weight excluding hydrogens is 287 g/mol. The summed E-state index contributed by atoms with van der Waals surface area (Å²) in [5, 5.41) is 0. The van der Waals surface area contributed by atoms with E-state index in [-0.39, 0.29) is 17.5 Å². The van der Waals surface area contributed by atoms with Crippen molar-refractivity contribution in [1.29, 1.82) is 0 Å². The molecule has 5 heteroatoms. The van der Waals surface area contributed by atoms with Crippen molar-refractivity contribution >= 4 is 21.8 Å². The highest BCUT2D eigenvalue weighted by Crippen LogP contribution is 2.21. The fourth-order valence-corrected chi connectivity index (χ4v) is 2.31.